The van der Waals surface area contributed by atoms with Gasteiger partial charge in [0.2, 0.25) is 0 Å². The standard InChI is InChI=1S/C11H15Cl2NO/c1-11(7-15,6-14-2)8-3-4-9(12)10(13)5-8/h3-5,14-15H,6-7H2,1-2H3. The molecule has 0 aliphatic rings. The Kier molecular flexibility index (Phi) is 4.41. The van der Waals surface area contributed by atoms with Crippen LogP contribution in [-0.2, 0) is 5.41 Å². The average Bonchev–Trinajstić information content (AvgIpc) is 2.22. The lowest BCUT2D eigenvalue weighted by atomic mass is 9.83. The van der Waals surface area contributed by atoms with Crippen molar-refractivity contribution in [1.29, 1.82) is 0 Å². The SMILES string of the molecule is CNCC(C)(CO)c1ccc(Cl)c(Cl)c1. The van der Waals surface area contributed by atoms with Crippen molar-refractivity contribution in [3.8, 4) is 0 Å². The Hall–Kier alpha value is -0.280. The Bertz CT molecular complexity index is 343. The molecule has 0 amide bonds. The Balaban J connectivity index is 3.07. The van der Waals surface area contributed by atoms with E-state index in [2.05, 4.69) is 5.32 Å². The number of benzene rings is 1. The van der Waals surface area contributed by atoms with Crippen molar-refractivity contribution < 1.29 is 5.11 Å². The van der Waals surface area contributed by atoms with Crippen molar-refractivity contribution in [1.82, 2.24) is 5.32 Å². The van der Waals surface area contributed by atoms with E-state index in [4.69, 9.17) is 23.2 Å². The maximum atomic E-state index is 9.41. The van der Waals surface area contributed by atoms with Gasteiger partial charge in [-0.1, -0.05) is 36.2 Å². The summed E-state index contributed by atoms with van der Waals surface area (Å²) in [7, 11) is 1.85. The topological polar surface area (TPSA) is 32.3 Å². The molecule has 0 aliphatic heterocycles. The van der Waals surface area contributed by atoms with E-state index in [1.807, 2.05) is 20.0 Å². The fourth-order valence-corrected chi connectivity index (χ4v) is 1.81. The molecule has 1 aromatic carbocycles. The maximum absolute atomic E-state index is 9.41. The third kappa shape index (κ3) is 2.85. The third-order valence-electron chi connectivity index (χ3n) is 2.53. The molecule has 0 fully saturated rings. The smallest absolute Gasteiger partial charge is 0.0595 e. The first-order valence-electron chi connectivity index (χ1n) is 4.74. The van der Waals surface area contributed by atoms with Gasteiger partial charge in [0, 0.05) is 12.0 Å². The molecule has 15 heavy (non-hydrogen) atoms. The number of aliphatic hydroxyl groups is 1. The predicted octanol–water partition coefficient (Wildman–Crippen LogP) is 2.46. The number of hydrogen-bond acceptors (Lipinski definition) is 2. The molecule has 0 spiro atoms. The van der Waals surface area contributed by atoms with E-state index in [9.17, 15) is 5.11 Å². The van der Waals surface area contributed by atoms with Gasteiger partial charge in [-0.25, -0.2) is 0 Å². The van der Waals surface area contributed by atoms with E-state index in [-0.39, 0.29) is 12.0 Å². The zero-order valence-electron chi connectivity index (χ0n) is 8.85. The Labute approximate surface area is 100 Å². The van der Waals surface area contributed by atoms with Crippen LogP contribution in [0.3, 0.4) is 0 Å². The van der Waals surface area contributed by atoms with Crippen LogP contribution in [0.15, 0.2) is 18.2 Å². The van der Waals surface area contributed by atoms with Crippen LogP contribution in [-0.4, -0.2) is 25.3 Å². The lowest BCUT2D eigenvalue weighted by Gasteiger charge is -2.27. The summed E-state index contributed by atoms with van der Waals surface area (Å²) in [6.07, 6.45) is 0. The average molecular weight is 248 g/mol. The number of nitrogens with one attached hydrogen (secondary N) is 1. The van der Waals surface area contributed by atoms with Gasteiger partial charge in [0.1, 0.15) is 0 Å². The van der Waals surface area contributed by atoms with Gasteiger partial charge in [0.05, 0.1) is 16.7 Å². The van der Waals surface area contributed by atoms with E-state index in [1.54, 1.807) is 12.1 Å². The van der Waals surface area contributed by atoms with E-state index in [0.717, 1.165) is 5.56 Å². The first-order chi connectivity index (χ1) is 7.03. The number of hydrogen-bond donors (Lipinski definition) is 2. The van der Waals surface area contributed by atoms with Gasteiger partial charge in [-0.15, -0.1) is 0 Å². The molecule has 4 heteroatoms. The van der Waals surface area contributed by atoms with Gasteiger partial charge >= 0.3 is 0 Å². The summed E-state index contributed by atoms with van der Waals surface area (Å²) in [6.45, 7) is 2.72. The summed E-state index contributed by atoms with van der Waals surface area (Å²) in [6, 6.07) is 5.45. The van der Waals surface area contributed by atoms with Crippen LogP contribution in [0.1, 0.15) is 12.5 Å². The Morgan fingerprint density at radius 1 is 1.33 bits per heavy atom. The zero-order chi connectivity index (χ0) is 11.5. The molecule has 0 radical (unpaired) electrons. The van der Waals surface area contributed by atoms with Crippen LogP contribution in [0.2, 0.25) is 10.0 Å². The van der Waals surface area contributed by atoms with Crippen molar-refractivity contribution in [3.63, 3.8) is 0 Å². The van der Waals surface area contributed by atoms with Gasteiger partial charge in [0.25, 0.3) is 0 Å². The maximum Gasteiger partial charge on any atom is 0.0595 e. The minimum atomic E-state index is -0.330. The summed E-state index contributed by atoms with van der Waals surface area (Å²) in [4.78, 5) is 0. The Morgan fingerprint density at radius 2 is 2.00 bits per heavy atom. The predicted molar refractivity (Wildman–Crippen MR) is 64.8 cm³/mol. The molecule has 2 nitrogen and oxygen atoms in total. The summed E-state index contributed by atoms with van der Waals surface area (Å²) in [5, 5.41) is 13.5. The minimum Gasteiger partial charge on any atom is -0.395 e. The zero-order valence-corrected chi connectivity index (χ0v) is 10.4. The van der Waals surface area contributed by atoms with Crippen LogP contribution < -0.4 is 5.32 Å². The number of halogens is 2. The fraction of sp³-hybridized carbons (Fsp3) is 0.455. The largest absolute Gasteiger partial charge is 0.395 e. The summed E-state index contributed by atoms with van der Waals surface area (Å²) < 4.78 is 0. The van der Waals surface area contributed by atoms with Gasteiger partial charge in [0.15, 0.2) is 0 Å². The van der Waals surface area contributed by atoms with Crippen LogP contribution in [0.4, 0.5) is 0 Å². The van der Waals surface area contributed by atoms with Crippen LogP contribution in [0.25, 0.3) is 0 Å². The second-order valence-corrected chi connectivity index (χ2v) is 4.69. The van der Waals surface area contributed by atoms with E-state index >= 15 is 0 Å². The summed E-state index contributed by atoms with van der Waals surface area (Å²) in [5.41, 5.74) is 0.650. The molecule has 0 aliphatic carbocycles. The molecule has 0 bridgehead atoms. The van der Waals surface area contributed by atoms with E-state index in [0.29, 0.717) is 16.6 Å². The summed E-state index contributed by atoms with van der Waals surface area (Å²) >= 11 is 11.8. The van der Waals surface area contributed by atoms with Crippen molar-refractivity contribution in [3.05, 3.63) is 33.8 Å². The first-order valence-corrected chi connectivity index (χ1v) is 5.50. The lowest BCUT2D eigenvalue weighted by molar-refractivity contribution is 0.204. The monoisotopic (exact) mass is 247 g/mol. The molecule has 0 heterocycles. The molecule has 0 saturated carbocycles. The van der Waals surface area contributed by atoms with Crippen molar-refractivity contribution >= 4 is 23.2 Å². The summed E-state index contributed by atoms with van der Waals surface area (Å²) in [5.74, 6) is 0. The molecule has 84 valence electrons. The molecular weight excluding hydrogens is 233 g/mol. The van der Waals surface area contributed by atoms with Crippen LogP contribution in [0.5, 0.6) is 0 Å². The molecular formula is C11H15Cl2NO. The molecule has 0 saturated heterocycles. The highest BCUT2D eigenvalue weighted by Gasteiger charge is 2.25. The highest BCUT2D eigenvalue weighted by molar-refractivity contribution is 6.42. The molecule has 1 rings (SSSR count). The number of aliphatic hydroxyl groups excluding tert-OH is 1. The quantitative estimate of drug-likeness (QED) is 0.857. The Morgan fingerprint density at radius 3 is 2.47 bits per heavy atom. The lowest BCUT2D eigenvalue weighted by Crippen LogP contribution is -2.37. The third-order valence-corrected chi connectivity index (χ3v) is 3.27. The fourth-order valence-electron chi connectivity index (χ4n) is 1.51. The van der Waals surface area contributed by atoms with Crippen LogP contribution >= 0.6 is 23.2 Å². The van der Waals surface area contributed by atoms with E-state index < -0.39 is 0 Å². The van der Waals surface area contributed by atoms with Gasteiger partial charge < -0.3 is 10.4 Å². The molecule has 1 unspecified atom stereocenters. The van der Waals surface area contributed by atoms with E-state index in [1.165, 1.54) is 0 Å². The normalized spacial score (nSPS) is 15.0. The van der Waals surface area contributed by atoms with Crippen molar-refractivity contribution in [2.75, 3.05) is 20.2 Å². The second kappa shape index (κ2) is 5.17. The van der Waals surface area contributed by atoms with Gasteiger partial charge in [-0.3, -0.25) is 0 Å². The second-order valence-electron chi connectivity index (χ2n) is 3.88. The highest BCUT2D eigenvalue weighted by Crippen LogP contribution is 2.29. The minimum absolute atomic E-state index is 0.0613. The molecule has 1 atom stereocenters. The van der Waals surface area contributed by atoms with Gasteiger partial charge in [-0.05, 0) is 24.7 Å². The van der Waals surface area contributed by atoms with Crippen LogP contribution in [0, 0.1) is 0 Å². The molecule has 2 N–H and O–H groups in total. The number of likely N-dealkylation sites (N-methyl/N-ethyl adjacent to an activating group) is 1. The molecule has 0 aromatic heterocycles. The first kappa shape index (κ1) is 12.8. The van der Waals surface area contributed by atoms with Crippen molar-refractivity contribution in [2.24, 2.45) is 0 Å². The number of rotatable bonds is 4. The molecule has 1 aromatic rings. The van der Waals surface area contributed by atoms with Crippen molar-refractivity contribution in [2.45, 2.75) is 12.3 Å². The highest BCUT2D eigenvalue weighted by atomic mass is 35.5. The van der Waals surface area contributed by atoms with Gasteiger partial charge in [-0.2, -0.15) is 0 Å².